The lowest BCUT2D eigenvalue weighted by Gasteiger charge is -2.24. The van der Waals surface area contributed by atoms with Crippen LogP contribution in [-0.4, -0.2) is 72.9 Å². The summed E-state index contributed by atoms with van der Waals surface area (Å²) in [4.78, 5) is 14.7. The molecule has 0 saturated heterocycles. The summed E-state index contributed by atoms with van der Waals surface area (Å²) in [5, 5.41) is 17.6. The molecule has 0 aromatic heterocycles. The molecule has 0 aliphatic carbocycles. The minimum absolute atomic E-state index is 0.0692. The van der Waals surface area contributed by atoms with Gasteiger partial charge in [-0.15, -0.1) is 0 Å². The molecular weight excluding hydrogens is 196 g/mol. The molecule has 2 N–H and O–H groups in total. The summed E-state index contributed by atoms with van der Waals surface area (Å²) in [5.74, 6) is -1.18. The molecule has 0 heterocycles. The van der Waals surface area contributed by atoms with E-state index in [0.717, 1.165) is 13.1 Å². The summed E-state index contributed by atoms with van der Waals surface area (Å²) in [6, 6.07) is 0. The van der Waals surface area contributed by atoms with Crippen LogP contribution in [0.2, 0.25) is 0 Å². The number of carboxylic acid groups (broad SMARTS) is 1. The first-order valence-electron chi connectivity index (χ1n) is 5.18. The number of hydrogen-bond donors (Lipinski definition) is 2. The van der Waals surface area contributed by atoms with Gasteiger partial charge in [0.2, 0.25) is 0 Å². The fraction of sp³-hybridized carbons (Fsp3) is 0.900. The molecule has 0 aromatic rings. The normalized spacial score (nSPS) is 13.5. The largest absolute Gasteiger partial charge is 0.481 e. The summed E-state index contributed by atoms with van der Waals surface area (Å²) in [6.45, 7) is 4.43. The lowest BCUT2D eigenvalue weighted by atomic mass is 10.1. The molecule has 15 heavy (non-hydrogen) atoms. The van der Waals surface area contributed by atoms with Crippen LogP contribution < -0.4 is 0 Å². The van der Waals surface area contributed by atoms with Crippen LogP contribution in [0.5, 0.6) is 0 Å². The van der Waals surface area contributed by atoms with Gasteiger partial charge in [-0.1, -0.05) is 6.92 Å². The smallest absolute Gasteiger partial charge is 0.307 e. The average molecular weight is 218 g/mol. The number of likely N-dealkylation sites (N-methyl/N-ethyl adjacent to an activating group) is 1. The second kappa shape index (κ2) is 7.62. The summed E-state index contributed by atoms with van der Waals surface area (Å²) < 4.78 is 0. The van der Waals surface area contributed by atoms with Crippen LogP contribution in [0, 0.1) is 5.92 Å². The zero-order valence-electron chi connectivity index (χ0n) is 9.81. The minimum atomic E-state index is -0.789. The van der Waals surface area contributed by atoms with Crippen molar-refractivity contribution >= 4 is 5.97 Å². The SMILES string of the molecule is CC(CN(CCO)CCN(C)C)C(=O)O. The van der Waals surface area contributed by atoms with E-state index in [1.54, 1.807) is 6.92 Å². The Labute approximate surface area is 91.3 Å². The van der Waals surface area contributed by atoms with Gasteiger partial charge in [-0.3, -0.25) is 9.69 Å². The Hall–Kier alpha value is -0.650. The predicted octanol–water partition coefficient (Wildman–Crippen LogP) is -0.437. The van der Waals surface area contributed by atoms with Crippen LogP contribution in [0.15, 0.2) is 0 Å². The number of rotatable bonds is 8. The van der Waals surface area contributed by atoms with Gasteiger partial charge < -0.3 is 15.1 Å². The van der Waals surface area contributed by atoms with Crippen LogP contribution in [0.1, 0.15) is 6.92 Å². The molecule has 0 aliphatic heterocycles. The topological polar surface area (TPSA) is 64.0 Å². The van der Waals surface area contributed by atoms with Crippen molar-refractivity contribution in [3.8, 4) is 0 Å². The lowest BCUT2D eigenvalue weighted by Crippen LogP contribution is -2.38. The number of carbonyl (C=O) groups is 1. The summed E-state index contributed by atoms with van der Waals surface area (Å²) in [6.07, 6.45) is 0. The van der Waals surface area contributed by atoms with Crippen molar-refractivity contribution < 1.29 is 15.0 Å². The molecule has 0 saturated carbocycles. The molecule has 0 amide bonds. The van der Waals surface area contributed by atoms with Crippen molar-refractivity contribution in [1.82, 2.24) is 9.80 Å². The highest BCUT2D eigenvalue weighted by Crippen LogP contribution is 2.00. The number of aliphatic carboxylic acids is 1. The van der Waals surface area contributed by atoms with Gasteiger partial charge in [-0.25, -0.2) is 0 Å². The Bertz CT molecular complexity index is 186. The van der Waals surface area contributed by atoms with Gasteiger partial charge in [0.05, 0.1) is 12.5 Å². The number of hydrogen-bond acceptors (Lipinski definition) is 4. The van der Waals surface area contributed by atoms with Gasteiger partial charge in [-0.05, 0) is 14.1 Å². The second-order valence-electron chi connectivity index (χ2n) is 4.07. The van der Waals surface area contributed by atoms with Crippen molar-refractivity contribution in [2.75, 3.05) is 46.9 Å². The third-order valence-corrected chi connectivity index (χ3v) is 2.23. The number of aliphatic hydroxyl groups is 1. The standard InChI is InChI=1S/C10H22N2O3/c1-9(10(14)15)8-12(6-7-13)5-4-11(2)3/h9,13H,4-8H2,1-3H3,(H,14,15). The Morgan fingerprint density at radius 3 is 2.27 bits per heavy atom. The summed E-state index contributed by atoms with van der Waals surface area (Å²) >= 11 is 0. The second-order valence-corrected chi connectivity index (χ2v) is 4.07. The first-order chi connectivity index (χ1) is 6.97. The molecule has 0 bridgehead atoms. The van der Waals surface area contributed by atoms with E-state index >= 15 is 0 Å². The fourth-order valence-corrected chi connectivity index (χ4v) is 1.24. The van der Waals surface area contributed by atoms with Crippen LogP contribution in [0.4, 0.5) is 0 Å². The number of aliphatic hydroxyl groups excluding tert-OH is 1. The quantitative estimate of drug-likeness (QED) is 0.578. The molecule has 5 heteroatoms. The summed E-state index contributed by atoms with van der Waals surface area (Å²) in [7, 11) is 3.94. The summed E-state index contributed by atoms with van der Waals surface area (Å²) in [5.41, 5.74) is 0. The fourth-order valence-electron chi connectivity index (χ4n) is 1.24. The Balaban J connectivity index is 3.97. The lowest BCUT2D eigenvalue weighted by molar-refractivity contribution is -0.141. The van der Waals surface area contributed by atoms with Crippen LogP contribution >= 0.6 is 0 Å². The first kappa shape index (κ1) is 14.3. The van der Waals surface area contributed by atoms with Gasteiger partial charge in [0.15, 0.2) is 0 Å². The number of carboxylic acids is 1. The van der Waals surface area contributed by atoms with Crippen molar-refractivity contribution in [3.05, 3.63) is 0 Å². The molecule has 1 atom stereocenters. The zero-order valence-corrected chi connectivity index (χ0v) is 9.81. The monoisotopic (exact) mass is 218 g/mol. The van der Waals surface area contributed by atoms with Gasteiger partial charge in [0, 0.05) is 26.2 Å². The van der Waals surface area contributed by atoms with Crippen molar-refractivity contribution in [1.29, 1.82) is 0 Å². The highest BCUT2D eigenvalue weighted by atomic mass is 16.4. The molecule has 0 spiro atoms. The number of nitrogens with zero attached hydrogens (tertiary/aromatic N) is 2. The predicted molar refractivity (Wildman–Crippen MR) is 58.9 cm³/mol. The van der Waals surface area contributed by atoms with Gasteiger partial charge in [-0.2, -0.15) is 0 Å². The van der Waals surface area contributed by atoms with Gasteiger partial charge in [0.25, 0.3) is 0 Å². The van der Waals surface area contributed by atoms with Crippen LogP contribution in [0.3, 0.4) is 0 Å². The molecule has 0 aromatic carbocycles. The molecular formula is C10H22N2O3. The van der Waals surface area contributed by atoms with Gasteiger partial charge >= 0.3 is 5.97 Å². The molecule has 0 radical (unpaired) electrons. The Morgan fingerprint density at radius 1 is 1.27 bits per heavy atom. The molecule has 0 fully saturated rings. The average Bonchev–Trinajstić information content (AvgIpc) is 2.14. The van der Waals surface area contributed by atoms with E-state index in [1.807, 2.05) is 23.9 Å². The van der Waals surface area contributed by atoms with Crippen molar-refractivity contribution in [2.45, 2.75) is 6.92 Å². The maximum Gasteiger partial charge on any atom is 0.307 e. The van der Waals surface area contributed by atoms with Crippen molar-refractivity contribution in [3.63, 3.8) is 0 Å². The van der Waals surface area contributed by atoms with E-state index in [9.17, 15) is 4.79 Å². The molecule has 0 aliphatic rings. The van der Waals surface area contributed by atoms with E-state index in [-0.39, 0.29) is 6.61 Å². The zero-order chi connectivity index (χ0) is 11.8. The van der Waals surface area contributed by atoms with Gasteiger partial charge in [0.1, 0.15) is 0 Å². The third-order valence-electron chi connectivity index (χ3n) is 2.23. The minimum Gasteiger partial charge on any atom is -0.481 e. The molecule has 90 valence electrons. The molecule has 5 nitrogen and oxygen atoms in total. The highest BCUT2D eigenvalue weighted by Gasteiger charge is 2.15. The van der Waals surface area contributed by atoms with Crippen LogP contribution in [0.25, 0.3) is 0 Å². The third kappa shape index (κ3) is 7.30. The van der Waals surface area contributed by atoms with E-state index in [0.29, 0.717) is 13.1 Å². The molecule has 1 unspecified atom stereocenters. The highest BCUT2D eigenvalue weighted by molar-refractivity contribution is 5.69. The maximum absolute atomic E-state index is 10.7. The Morgan fingerprint density at radius 2 is 1.87 bits per heavy atom. The van der Waals surface area contributed by atoms with Crippen molar-refractivity contribution in [2.24, 2.45) is 5.92 Å². The maximum atomic E-state index is 10.7. The van der Waals surface area contributed by atoms with Crippen LogP contribution in [-0.2, 0) is 4.79 Å². The van der Waals surface area contributed by atoms with E-state index in [4.69, 9.17) is 10.2 Å². The van der Waals surface area contributed by atoms with E-state index < -0.39 is 11.9 Å². The first-order valence-corrected chi connectivity index (χ1v) is 5.18. The van der Waals surface area contributed by atoms with E-state index in [1.165, 1.54) is 0 Å². The van der Waals surface area contributed by atoms with E-state index in [2.05, 4.69) is 0 Å². The molecule has 0 rings (SSSR count). The Kier molecular flexibility index (Phi) is 7.29.